The maximum atomic E-state index is 12.6. The molecule has 2 amide bonds. The second kappa shape index (κ2) is 7.40. The molecule has 0 radical (unpaired) electrons. The van der Waals surface area contributed by atoms with Gasteiger partial charge in [-0.05, 0) is 80.4 Å². The second-order valence-electron chi connectivity index (χ2n) is 10.2. The molecular weight excluding hydrogens is 408 g/mol. The van der Waals surface area contributed by atoms with Crippen LogP contribution in [0.2, 0.25) is 0 Å². The Kier molecular flexibility index (Phi) is 4.63. The van der Waals surface area contributed by atoms with Crippen LogP contribution in [0, 0.1) is 17.8 Å². The number of carbonyl (C=O) groups excluding carboxylic acids is 2. The van der Waals surface area contributed by atoms with Crippen molar-refractivity contribution in [1.82, 2.24) is 10.2 Å². The number of benzene rings is 1. The van der Waals surface area contributed by atoms with Gasteiger partial charge >= 0.3 is 0 Å². The van der Waals surface area contributed by atoms with Crippen molar-refractivity contribution in [2.24, 2.45) is 17.8 Å². The Morgan fingerprint density at radius 3 is 2.35 bits per heavy atom. The summed E-state index contributed by atoms with van der Waals surface area (Å²) >= 11 is 1.58. The largest absolute Gasteiger partial charge is 0.312 e. The SMILES string of the molecule is O=C(Cc1ccc(N2CCCC2=O)cc1)Nc1nnc(C23CC4CC(CC(C4)C2)C3)s1. The molecule has 4 saturated carbocycles. The highest BCUT2D eigenvalue weighted by Gasteiger charge is 2.53. The number of nitrogens with zero attached hydrogens (tertiary/aromatic N) is 3. The zero-order chi connectivity index (χ0) is 21.0. The van der Waals surface area contributed by atoms with Gasteiger partial charge in [-0.15, -0.1) is 10.2 Å². The van der Waals surface area contributed by atoms with E-state index in [-0.39, 0.29) is 17.2 Å². The zero-order valence-corrected chi connectivity index (χ0v) is 18.5. The van der Waals surface area contributed by atoms with Gasteiger partial charge in [0.05, 0.1) is 6.42 Å². The van der Waals surface area contributed by atoms with E-state index in [0.29, 0.717) is 18.0 Å². The van der Waals surface area contributed by atoms with Crippen LogP contribution in [0.5, 0.6) is 0 Å². The van der Waals surface area contributed by atoms with E-state index in [4.69, 9.17) is 0 Å². The molecule has 31 heavy (non-hydrogen) atoms. The molecule has 2 heterocycles. The van der Waals surface area contributed by atoms with Gasteiger partial charge in [-0.2, -0.15) is 0 Å². The van der Waals surface area contributed by atoms with Gasteiger partial charge in [-0.1, -0.05) is 23.5 Å². The lowest BCUT2D eigenvalue weighted by Crippen LogP contribution is -2.48. The lowest BCUT2D eigenvalue weighted by Gasteiger charge is -2.55. The number of hydrogen-bond donors (Lipinski definition) is 1. The lowest BCUT2D eigenvalue weighted by molar-refractivity contribution is -0.117. The first-order valence-corrected chi connectivity index (χ1v) is 12.4. The molecule has 7 rings (SSSR count). The molecule has 1 aromatic carbocycles. The summed E-state index contributed by atoms with van der Waals surface area (Å²) in [6.45, 7) is 0.780. The first-order valence-electron chi connectivity index (χ1n) is 11.6. The van der Waals surface area contributed by atoms with Crippen LogP contribution in [0.4, 0.5) is 10.8 Å². The van der Waals surface area contributed by atoms with Gasteiger partial charge in [0.2, 0.25) is 16.9 Å². The Balaban J connectivity index is 1.10. The van der Waals surface area contributed by atoms with Crippen molar-refractivity contribution in [2.75, 3.05) is 16.8 Å². The van der Waals surface area contributed by atoms with Gasteiger partial charge in [-0.25, -0.2) is 0 Å². The fourth-order valence-electron chi connectivity index (χ4n) is 6.92. The van der Waals surface area contributed by atoms with Crippen molar-refractivity contribution in [3.05, 3.63) is 34.8 Å². The summed E-state index contributed by atoms with van der Waals surface area (Å²) in [5.74, 6) is 2.71. The average molecular weight is 437 g/mol. The summed E-state index contributed by atoms with van der Waals surface area (Å²) in [7, 11) is 0. The molecule has 6 nitrogen and oxygen atoms in total. The van der Waals surface area contributed by atoms with E-state index >= 15 is 0 Å². The fraction of sp³-hybridized carbons (Fsp3) is 0.583. The molecule has 4 bridgehead atoms. The maximum absolute atomic E-state index is 12.6. The molecule has 5 aliphatic rings. The Hall–Kier alpha value is -2.28. The second-order valence-corrected chi connectivity index (χ2v) is 11.1. The van der Waals surface area contributed by atoms with E-state index in [1.54, 1.807) is 11.3 Å². The van der Waals surface area contributed by atoms with Crippen molar-refractivity contribution in [1.29, 1.82) is 0 Å². The summed E-state index contributed by atoms with van der Waals surface area (Å²) in [6.07, 6.45) is 9.83. The molecule has 0 unspecified atom stereocenters. The van der Waals surface area contributed by atoms with Gasteiger partial charge in [0, 0.05) is 24.1 Å². The summed E-state index contributed by atoms with van der Waals surface area (Å²) in [5.41, 5.74) is 2.06. The maximum Gasteiger partial charge on any atom is 0.230 e. The van der Waals surface area contributed by atoms with Crippen LogP contribution < -0.4 is 10.2 Å². The zero-order valence-electron chi connectivity index (χ0n) is 17.7. The minimum atomic E-state index is -0.0711. The van der Waals surface area contributed by atoms with Crippen molar-refractivity contribution >= 4 is 34.0 Å². The number of anilines is 2. The Morgan fingerprint density at radius 2 is 1.74 bits per heavy atom. The average Bonchev–Trinajstić information content (AvgIpc) is 3.37. The lowest BCUT2D eigenvalue weighted by atomic mass is 9.50. The van der Waals surface area contributed by atoms with Crippen molar-refractivity contribution in [3.8, 4) is 0 Å². The monoisotopic (exact) mass is 436 g/mol. The van der Waals surface area contributed by atoms with Crippen LogP contribution >= 0.6 is 11.3 Å². The van der Waals surface area contributed by atoms with Crippen LogP contribution in [-0.2, 0) is 21.4 Å². The highest BCUT2D eigenvalue weighted by atomic mass is 32.1. The Labute approximate surface area is 186 Å². The number of carbonyl (C=O) groups is 2. The summed E-state index contributed by atoms with van der Waals surface area (Å²) in [6, 6.07) is 7.73. The van der Waals surface area contributed by atoms with E-state index < -0.39 is 0 Å². The number of aromatic nitrogens is 2. The minimum Gasteiger partial charge on any atom is -0.312 e. The Bertz CT molecular complexity index is 980. The van der Waals surface area contributed by atoms with Crippen molar-refractivity contribution < 1.29 is 9.59 Å². The van der Waals surface area contributed by atoms with Crippen LogP contribution in [0.15, 0.2) is 24.3 Å². The van der Waals surface area contributed by atoms with Gasteiger partial charge < -0.3 is 10.2 Å². The number of nitrogens with one attached hydrogen (secondary N) is 1. The van der Waals surface area contributed by atoms with Gasteiger partial charge in [0.15, 0.2) is 0 Å². The Morgan fingerprint density at radius 1 is 1.06 bits per heavy atom. The first-order chi connectivity index (χ1) is 15.1. The van der Waals surface area contributed by atoms with Gasteiger partial charge in [-0.3, -0.25) is 9.59 Å². The van der Waals surface area contributed by atoms with E-state index in [0.717, 1.165) is 47.0 Å². The number of hydrogen-bond acceptors (Lipinski definition) is 5. The fourth-order valence-corrected chi connectivity index (χ4v) is 7.90. The van der Waals surface area contributed by atoms with E-state index in [9.17, 15) is 9.59 Å². The van der Waals surface area contributed by atoms with Gasteiger partial charge in [0.1, 0.15) is 5.01 Å². The number of rotatable bonds is 5. The topological polar surface area (TPSA) is 75.2 Å². The van der Waals surface area contributed by atoms with Crippen LogP contribution in [0.3, 0.4) is 0 Å². The summed E-state index contributed by atoms with van der Waals surface area (Å²) < 4.78 is 0. The molecule has 0 spiro atoms. The molecule has 1 aromatic heterocycles. The van der Waals surface area contributed by atoms with E-state index in [1.165, 1.54) is 38.5 Å². The van der Waals surface area contributed by atoms with Crippen molar-refractivity contribution in [3.63, 3.8) is 0 Å². The molecule has 1 saturated heterocycles. The predicted octanol–water partition coefficient (Wildman–Crippen LogP) is 4.31. The highest BCUT2D eigenvalue weighted by Crippen LogP contribution is 2.61. The quantitative estimate of drug-likeness (QED) is 0.758. The first kappa shape index (κ1) is 19.4. The van der Waals surface area contributed by atoms with Crippen LogP contribution in [0.25, 0.3) is 0 Å². The van der Waals surface area contributed by atoms with Crippen molar-refractivity contribution in [2.45, 2.75) is 63.2 Å². The number of amides is 2. The predicted molar refractivity (Wildman–Crippen MR) is 120 cm³/mol. The highest BCUT2D eigenvalue weighted by molar-refractivity contribution is 7.15. The molecule has 2 aromatic rings. The van der Waals surface area contributed by atoms with E-state index in [1.807, 2.05) is 29.2 Å². The third-order valence-corrected chi connectivity index (χ3v) is 8.93. The summed E-state index contributed by atoms with van der Waals surface area (Å²) in [5, 5.41) is 13.6. The normalized spacial score (nSPS) is 31.4. The molecule has 162 valence electrons. The molecule has 1 aliphatic heterocycles. The van der Waals surface area contributed by atoms with Gasteiger partial charge in [0.25, 0.3) is 0 Å². The third-order valence-electron chi connectivity index (χ3n) is 7.85. The molecule has 7 heteroatoms. The molecule has 4 aliphatic carbocycles. The smallest absolute Gasteiger partial charge is 0.230 e. The minimum absolute atomic E-state index is 0.0711. The standard InChI is InChI=1S/C24H28N4O2S/c29-20(11-15-3-5-19(6-4-15)28-7-1-2-21(28)30)25-23-27-26-22(31-23)24-12-16-8-17(13-24)10-18(9-16)14-24/h3-6,16-18H,1-2,7-14H2,(H,25,27,29). The molecule has 5 fully saturated rings. The molecule has 1 N–H and O–H groups in total. The summed E-state index contributed by atoms with van der Waals surface area (Å²) in [4.78, 5) is 26.3. The molecular formula is C24H28N4O2S. The van der Waals surface area contributed by atoms with E-state index in [2.05, 4.69) is 15.5 Å². The van der Waals surface area contributed by atoms with Crippen LogP contribution in [-0.4, -0.2) is 28.6 Å². The third kappa shape index (κ3) is 3.56. The molecule has 0 atom stereocenters. The van der Waals surface area contributed by atoms with Crippen LogP contribution in [0.1, 0.15) is 61.9 Å².